The van der Waals surface area contributed by atoms with E-state index in [1.807, 2.05) is 12.3 Å². The first-order chi connectivity index (χ1) is 18.4. The van der Waals surface area contributed by atoms with Crippen LogP contribution >= 0.6 is 0 Å². The molecule has 0 bridgehead atoms. The minimum Gasteiger partial charge on any atom is -0.496 e. The van der Waals surface area contributed by atoms with E-state index in [-0.39, 0.29) is 18.0 Å². The number of ether oxygens (including phenoxy) is 1. The predicted octanol–water partition coefficient (Wildman–Crippen LogP) is 5.17. The molecule has 0 saturated heterocycles. The minimum atomic E-state index is -0.961. The Bertz CT molecular complexity index is 1170. The van der Waals surface area contributed by atoms with Crippen LogP contribution < -0.4 is 20.3 Å². The summed E-state index contributed by atoms with van der Waals surface area (Å²) >= 11 is 0. The number of nitrogens with one attached hydrogen (secondary N) is 2. The van der Waals surface area contributed by atoms with Crippen molar-refractivity contribution in [1.29, 1.82) is 0 Å². The van der Waals surface area contributed by atoms with Gasteiger partial charge in [0.25, 0.3) is 5.91 Å². The molecule has 4 rings (SSSR count). The van der Waals surface area contributed by atoms with Crippen LogP contribution in [0.5, 0.6) is 5.75 Å². The Morgan fingerprint density at radius 1 is 1.18 bits per heavy atom. The van der Waals surface area contributed by atoms with E-state index in [4.69, 9.17) is 9.84 Å². The second-order valence-electron chi connectivity index (χ2n) is 10.3. The van der Waals surface area contributed by atoms with E-state index in [9.17, 15) is 9.59 Å². The van der Waals surface area contributed by atoms with Crippen LogP contribution in [0, 0.1) is 6.92 Å². The van der Waals surface area contributed by atoms with Gasteiger partial charge in [-0.05, 0) is 88.0 Å². The minimum absolute atomic E-state index is 0.00164. The van der Waals surface area contributed by atoms with Gasteiger partial charge in [-0.25, -0.2) is 4.79 Å². The topological polar surface area (TPSA) is 104 Å². The Balaban J connectivity index is 1.63. The summed E-state index contributed by atoms with van der Waals surface area (Å²) in [6, 6.07) is 4.49. The third kappa shape index (κ3) is 6.47. The smallest absolute Gasteiger partial charge is 0.404 e. The van der Waals surface area contributed by atoms with Crippen LogP contribution in [-0.4, -0.2) is 47.8 Å². The Morgan fingerprint density at radius 2 is 1.97 bits per heavy atom. The highest BCUT2D eigenvalue weighted by molar-refractivity contribution is 5.97. The molecule has 1 aliphatic heterocycles. The zero-order valence-corrected chi connectivity index (χ0v) is 22.8. The maximum absolute atomic E-state index is 13.6. The molecule has 1 aliphatic carbocycles. The van der Waals surface area contributed by atoms with Crippen LogP contribution in [0.4, 0.5) is 10.5 Å². The van der Waals surface area contributed by atoms with Gasteiger partial charge in [0.1, 0.15) is 5.75 Å². The van der Waals surface area contributed by atoms with E-state index < -0.39 is 6.09 Å². The van der Waals surface area contributed by atoms with Gasteiger partial charge in [0.05, 0.1) is 24.6 Å². The largest absolute Gasteiger partial charge is 0.496 e. The van der Waals surface area contributed by atoms with Crippen molar-refractivity contribution < 1.29 is 19.4 Å². The monoisotopic (exact) mass is 520 g/mol. The quantitative estimate of drug-likeness (QED) is 0.470. The molecule has 1 fully saturated rings. The third-order valence-corrected chi connectivity index (χ3v) is 7.79. The summed E-state index contributed by atoms with van der Waals surface area (Å²) in [7, 11) is 1.68. The zero-order valence-electron chi connectivity index (χ0n) is 22.8. The molecule has 2 amide bonds. The third-order valence-electron chi connectivity index (χ3n) is 7.79. The Labute approximate surface area is 225 Å². The predicted molar refractivity (Wildman–Crippen MR) is 149 cm³/mol. The summed E-state index contributed by atoms with van der Waals surface area (Å²) in [6.45, 7) is 5.38. The van der Waals surface area contributed by atoms with Crippen LogP contribution in [0.1, 0.15) is 78.1 Å². The molecule has 0 atom stereocenters. The number of amides is 2. The van der Waals surface area contributed by atoms with E-state index in [0.717, 1.165) is 79.6 Å². The van der Waals surface area contributed by atoms with Crippen molar-refractivity contribution in [2.24, 2.45) is 0 Å². The van der Waals surface area contributed by atoms with Crippen LogP contribution in [0.2, 0.25) is 0 Å². The SMILES string of the molecule is CCN(c1cncc2c1CC=CCCCc1cc(C)cc(OC)c1CNC2=O)[C@H]1CC[C@H](NC(=O)O)CC1. The Hall–Kier alpha value is -3.55. The number of hydrogen-bond donors (Lipinski definition) is 3. The van der Waals surface area contributed by atoms with Gasteiger partial charge < -0.3 is 25.4 Å². The van der Waals surface area contributed by atoms with Gasteiger partial charge in [0.2, 0.25) is 0 Å². The highest BCUT2D eigenvalue weighted by Crippen LogP contribution is 2.32. The van der Waals surface area contributed by atoms with E-state index in [2.05, 4.69) is 52.6 Å². The lowest BCUT2D eigenvalue weighted by Gasteiger charge is -2.38. The molecule has 1 aromatic heterocycles. The van der Waals surface area contributed by atoms with Crippen molar-refractivity contribution >= 4 is 17.7 Å². The number of pyridine rings is 1. The lowest BCUT2D eigenvalue weighted by atomic mass is 9.89. The summed E-state index contributed by atoms with van der Waals surface area (Å²) in [5.74, 6) is 0.670. The molecule has 2 heterocycles. The molecule has 3 N–H and O–H groups in total. The number of fused-ring (bicyclic) bond motifs is 2. The van der Waals surface area contributed by atoms with Crippen molar-refractivity contribution in [2.75, 3.05) is 18.6 Å². The molecule has 2 aromatic rings. The van der Waals surface area contributed by atoms with Crippen molar-refractivity contribution in [2.45, 2.75) is 83.8 Å². The number of aryl methyl sites for hydroxylation is 2. The first kappa shape index (κ1) is 27.5. The molecular formula is C30H40N4O4. The van der Waals surface area contributed by atoms with Crippen LogP contribution in [0.25, 0.3) is 0 Å². The van der Waals surface area contributed by atoms with Gasteiger partial charge in [-0.15, -0.1) is 0 Å². The van der Waals surface area contributed by atoms with Crippen molar-refractivity contribution in [3.63, 3.8) is 0 Å². The average molecular weight is 521 g/mol. The van der Waals surface area contributed by atoms with Gasteiger partial charge in [0, 0.05) is 36.9 Å². The lowest BCUT2D eigenvalue weighted by Crippen LogP contribution is -2.44. The molecule has 0 spiro atoms. The van der Waals surface area contributed by atoms with E-state index >= 15 is 0 Å². The Morgan fingerprint density at radius 3 is 2.68 bits per heavy atom. The van der Waals surface area contributed by atoms with E-state index in [1.165, 1.54) is 5.56 Å². The summed E-state index contributed by atoms with van der Waals surface area (Å²) < 4.78 is 5.69. The second-order valence-corrected chi connectivity index (χ2v) is 10.3. The molecule has 1 saturated carbocycles. The molecule has 38 heavy (non-hydrogen) atoms. The number of aromatic nitrogens is 1. The number of benzene rings is 1. The van der Waals surface area contributed by atoms with Crippen molar-refractivity contribution in [3.05, 3.63) is 64.5 Å². The number of nitrogens with zero attached hydrogens (tertiary/aromatic N) is 2. The van der Waals surface area contributed by atoms with Crippen LogP contribution in [-0.2, 0) is 19.4 Å². The first-order valence-corrected chi connectivity index (χ1v) is 13.7. The molecule has 2 aliphatic rings. The fourth-order valence-corrected chi connectivity index (χ4v) is 5.92. The average Bonchev–Trinajstić information content (AvgIpc) is 2.91. The standard InChI is InChI=1S/C30H40N4O4/c1-4-34(23-13-11-22(12-14-23)33-30(36)37)27-19-31-17-26-24(27)10-8-6-5-7-9-21-15-20(2)16-28(38-3)25(21)18-32-29(26)35/h6,8,15-17,19,22-23,33H,4-5,7,9-14,18H2,1-3H3,(H,32,35)(H,36,37)/t22-,23-. The molecule has 8 heteroatoms. The molecular weight excluding hydrogens is 480 g/mol. The van der Waals surface area contributed by atoms with E-state index in [1.54, 1.807) is 13.3 Å². The highest BCUT2D eigenvalue weighted by atomic mass is 16.5. The second kappa shape index (κ2) is 12.8. The summed E-state index contributed by atoms with van der Waals surface area (Å²) in [6.07, 6.45) is 13.9. The van der Waals surface area contributed by atoms with Crippen molar-refractivity contribution in [1.82, 2.24) is 15.6 Å². The summed E-state index contributed by atoms with van der Waals surface area (Å²) in [5, 5.41) is 14.9. The number of carboxylic acid groups (broad SMARTS) is 1. The molecule has 0 radical (unpaired) electrons. The lowest BCUT2D eigenvalue weighted by molar-refractivity contribution is 0.0949. The summed E-state index contributed by atoms with van der Waals surface area (Å²) in [4.78, 5) is 31.5. The van der Waals surface area contributed by atoms with Gasteiger partial charge in [0.15, 0.2) is 0 Å². The fraction of sp³-hybridized carbons (Fsp3) is 0.500. The van der Waals surface area contributed by atoms with Crippen molar-refractivity contribution in [3.8, 4) is 5.75 Å². The number of carbonyl (C=O) groups is 2. The van der Waals surface area contributed by atoms with Gasteiger partial charge >= 0.3 is 6.09 Å². The van der Waals surface area contributed by atoms with E-state index in [0.29, 0.717) is 18.5 Å². The fourth-order valence-electron chi connectivity index (χ4n) is 5.92. The number of methoxy groups -OCH3 is 1. The number of rotatable bonds is 5. The first-order valence-electron chi connectivity index (χ1n) is 13.7. The zero-order chi connectivity index (χ0) is 27.1. The molecule has 0 unspecified atom stereocenters. The maximum atomic E-state index is 13.6. The van der Waals surface area contributed by atoms with Gasteiger partial charge in [-0.3, -0.25) is 9.78 Å². The molecule has 1 aromatic carbocycles. The number of carbonyl (C=O) groups excluding carboxylic acids is 1. The number of anilines is 1. The maximum Gasteiger partial charge on any atom is 0.404 e. The number of allylic oxidation sites excluding steroid dienone is 2. The van der Waals surface area contributed by atoms with Crippen LogP contribution in [0.3, 0.4) is 0 Å². The normalized spacial score (nSPS) is 20.0. The van der Waals surface area contributed by atoms with Gasteiger partial charge in [-0.2, -0.15) is 0 Å². The molecule has 204 valence electrons. The highest BCUT2D eigenvalue weighted by Gasteiger charge is 2.28. The Kier molecular flexibility index (Phi) is 9.26. The molecule has 8 nitrogen and oxygen atoms in total. The van der Waals surface area contributed by atoms with Gasteiger partial charge in [-0.1, -0.05) is 18.2 Å². The van der Waals surface area contributed by atoms with Crippen LogP contribution in [0.15, 0.2) is 36.7 Å². The summed E-state index contributed by atoms with van der Waals surface area (Å²) in [5.41, 5.74) is 5.96. The number of hydrogen-bond acceptors (Lipinski definition) is 5.